The summed E-state index contributed by atoms with van der Waals surface area (Å²) in [6, 6.07) is 10.2. The molecule has 0 bridgehead atoms. The minimum absolute atomic E-state index is 0.0184. The van der Waals surface area contributed by atoms with Gasteiger partial charge in [-0.15, -0.1) is 0 Å². The van der Waals surface area contributed by atoms with E-state index in [1.807, 2.05) is 32.0 Å². The van der Waals surface area contributed by atoms with Gasteiger partial charge in [-0.3, -0.25) is 4.79 Å². The minimum Gasteiger partial charge on any atom is -0.469 e. The van der Waals surface area contributed by atoms with Crippen LogP contribution in [0.4, 0.5) is 0 Å². The summed E-state index contributed by atoms with van der Waals surface area (Å²) < 4.78 is 10.9. The zero-order valence-electron chi connectivity index (χ0n) is 14.1. The van der Waals surface area contributed by atoms with Crippen LogP contribution < -0.4 is 0 Å². The molecule has 0 radical (unpaired) electrons. The molecule has 0 spiro atoms. The number of hydrogen-bond acceptors (Lipinski definition) is 3. The van der Waals surface area contributed by atoms with Gasteiger partial charge in [0.15, 0.2) is 0 Å². The maximum absolute atomic E-state index is 11.8. The summed E-state index contributed by atoms with van der Waals surface area (Å²) in [6.07, 6.45) is 0.879. The minimum atomic E-state index is -0.639. The Bertz CT molecular complexity index is 443. The largest absolute Gasteiger partial charge is 0.469 e. The first-order valence-electron chi connectivity index (χ1n) is 7.41. The topological polar surface area (TPSA) is 35.5 Å². The fourth-order valence-electron chi connectivity index (χ4n) is 2.14. The van der Waals surface area contributed by atoms with Gasteiger partial charge in [0, 0.05) is 0 Å². The molecule has 0 saturated heterocycles. The molecule has 1 atom stereocenters. The molecule has 0 N–H and O–H groups in total. The highest BCUT2D eigenvalue weighted by molar-refractivity contribution is 5.75. The number of methoxy groups -OCH3 is 1. The number of rotatable bonds is 6. The fourth-order valence-corrected chi connectivity index (χ4v) is 2.14. The van der Waals surface area contributed by atoms with Crippen LogP contribution in [0.2, 0.25) is 0 Å². The molecule has 0 heterocycles. The first-order chi connectivity index (χ1) is 9.65. The molecule has 0 aliphatic carbocycles. The lowest BCUT2D eigenvalue weighted by Gasteiger charge is -2.30. The van der Waals surface area contributed by atoms with E-state index in [9.17, 15) is 4.79 Å². The average Bonchev–Trinajstić information content (AvgIpc) is 2.42. The van der Waals surface area contributed by atoms with Crippen LogP contribution in [-0.4, -0.2) is 19.7 Å². The summed E-state index contributed by atoms with van der Waals surface area (Å²) in [5, 5.41) is 0. The molecule has 0 fully saturated rings. The second-order valence-electron chi connectivity index (χ2n) is 7.35. The van der Waals surface area contributed by atoms with Crippen LogP contribution in [0.25, 0.3) is 0 Å². The van der Waals surface area contributed by atoms with Crippen molar-refractivity contribution in [1.82, 2.24) is 0 Å². The molecular formula is C18H28O3. The molecule has 3 heteroatoms. The van der Waals surface area contributed by atoms with Crippen molar-refractivity contribution < 1.29 is 14.3 Å². The van der Waals surface area contributed by atoms with Gasteiger partial charge in [-0.05, 0) is 31.2 Å². The van der Waals surface area contributed by atoms with Gasteiger partial charge in [-0.2, -0.15) is 0 Å². The van der Waals surface area contributed by atoms with Crippen molar-refractivity contribution in [3.05, 3.63) is 35.9 Å². The van der Waals surface area contributed by atoms with Gasteiger partial charge in [-0.1, -0.05) is 51.1 Å². The van der Waals surface area contributed by atoms with Gasteiger partial charge in [0.05, 0.1) is 25.2 Å². The highest BCUT2D eigenvalue weighted by Crippen LogP contribution is 2.33. The monoisotopic (exact) mass is 292 g/mol. The van der Waals surface area contributed by atoms with E-state index >= 15 is 0 Å². The third kappa shape index (κ3) is 5.88. The normalized spacial score (nSPS) is 13.8. The van der Waals surface area contributed by atoms with Crippen molar-refractivity contribution in [3.8, 4) is 0 Å². The summed E-state index contributed by atoms with van der Waals surface area (Å²) >= 11 is 0. The van der Waals surface area contributed by atoms with E-state index in [2.05, 4.69) is 32.9 Å². The predicted molar refractivity (Wildman–Crippen MR) is 85.0 cm³/mol. The lowest BCUT2D eigenvalue weighted by Crippen LogP contribution is -2.32. The Morgan fingerprint density at radius 2 is 1.67 bits per heavy atom. The molecule has 3 nitrogen and oxygen atoms in total. The zero-order valence-corrected chi connectivity index (χ0v) is 14.1. The number of hydrogen-bond donors (Lipinski definition) is 0. The molecule has 0 saturated carbocycles. The highest BCUT2D eigenvalue weighted by atomic mass is 16.5. The van der Waals surface area contributed by atoms with Gasteiger partial charge in [0.2, 0.25) is 0 Å². The molecule has 118 valence electrons. The first kappa shape index (κ1) is 17.7. The van der Waals surface area contributed by atoms with Gasteiger partial charge in [0.25, 0.3) is 0 Å². The van der Waals surface area contributed by atoms with Gasteiger partial charge in [-0.25, -0.2) is 0 Å². The van der Waals surface area contributed by atoms with E-state index in [1.54, 1.807) is 0 Å². The number of benzene rings is 1. The molecule has 0 aliphatic heterocycles. The second-order valence-corrected chi connectivity index (χ2v) is 7.35. The number of ether oxygens (including phenoxy) is 2. The molecular weight excluding hydrogens is 264 g/mol. The SMILES string of the molecule is COC(=O)C(C)(C)CO[C@@H](CC(C)(C)C)c1ccccc1. The number of esters is 1. The summed E-state index contributed by atoms with van der Waals surface area (Å²) in [5.41, 5.74) is 0.656. The van der Waals surface area contributed by atoms with Crippen LogP contribution in [0.5, 0.6) is 0 Å². The van der Waals surface area contributed by atoms with Crippen LogP contribution in [0.1, 0.15) is 52.7 Å². The smallest absolute Gasteiger partial charge is 0.313 e. The third-order valence-electron chi connectivity index (χ3n) is 3.35. The summed E-state index contributed by atoms with van der Waals surface area (Å²) in [4.78, 5) is 11.8. The summed E-state index contributed by atoms with van der Waals surface area (Å²) in [5.74, 6) is -0.245. The molecule has 1 rings (SSSR count). The maximum Gasteiger partial charge on any atom is 0.313 e. The van der Waals surface area contributed by atoms with Crippen molar-refractivity contribution in [2.45, 2.75) is 47.1 Å². The average molecular weight is 292 g/mol. The van der Waals surface area contributed by atoms with Gasteiger partial charge >= 0.3 is 5.97 Å². The summed E-state index contributed by atoms with van der Waals surface area (Å²) in [6.45, 7) is 10.6. The van der Waals surface area contributed by atoms with Gasteiger partial charge in [0.1, 0.15) is 0 Å². The maximum atomic E-state index is 11.8. The lowest BCUT2D eigenvalue weighted by atomic mass is 9.86. The lowest BCUT2D eigenvalue weighted by molar-refractivity contribution is -0.156. The van der Waals surface area contributed by atoms with E-state index in [0.717, 1.165) is 12.0 Å². The van der Waals surface area contributed by atoms with Crippen LogP contribution in [0.15, 0.2) is 30.3 Å². The van der Waals surface area contributed by atoms with E-state index in [1.165, 1.54) is 7.11 Å². The van der Waals surface area contributed by atoms with Crippen molar-refractivity contribution in [1.29, 1.82) is 0 Å². The van der Waals surface area contributed by atoms with Crippen molar-refractivity contribution in [2.75, 3.05) is 13.7 Å². The third-order valence-corrected chi connectivity index (χ3v) is 3.35. The van der Waals surface area contributed by atoms with Crippen molar-refractivity contribution >= 4 is 5.97 Å². The Labute approximate surface area is 128 Å². The molecule has 1 aromatic carbocycles. The Morgan fingerprint density at radius 3 is 2.14 bits per heavy atom. The summed E-state index contributed by atoms with van der Waals surface area (Å²) in [7, 11) is 1.41. The van der Waals surface area contributed by atoms with E-state index in [4.69, 9.17) is 9.47 Å². The zero-order chi connectivity index (χ0) is 16.1. The van der Waals surface area contributed by atoms with E-state index in [-0.39, 0.29) is 17.5 Å². The quantitative estimate of drug-likeness (QED) is 0.730. The Morgan fingerprint density at radius 1 is 1.10 bits per heavy atom. The molecule has 0 amide bonds. The highest BCUT2D eigenvalue weighted by Gasteiger charge is 2.31. The molecule has 0 unspecified atom stereocenters. The standard InChI is InChI=1S/C18H28O3/c1-17(2,3)12-15(14-10-8-7-9-11-14)21-13-18(4,5)16(19)20-6/h7-11,15H,12-13H2,1-6H3/t15-/m0/s1. The molecule has 0 aromatic heterocycles. The van der Waals surface area contributed by atoms with E-state index < -0.39 is 5.41 Å². The Kier molecular flexibility index (Phi) is 5.97. The van der Waals surface area contributed by atoms with Crippen LogP contribution in [-0.2, 0) is 14.3 Å². The van der Waals surface area contributed by atoms with Crippen LogP contribution in [0.3, 0.4) is 0 Å². The number of carbonyl (C=O) groups excluding carboxylic acids is 1. The van der Waals surface area contributed by atoms with Gasteiger partial charge < -0.3 is 9.47 Å². The van der Waals surface area contributed by atoms with Crippen LogP contribution in [0, 0.1) is 10.8 Å². The van der Waals surface area contributed by atoms with Crippen molar-refractivity contribution in [3.63, 3.8) is 0 Å². The molecule has 21 heavy (non-hydrogen) atoms. The second kappa shape index (κ2) is 7.08. The molecule has 0 aliphatic rings. The molecule has 1 aromatic rings. The van der Waals surface area contributed by atoms with E-state index in [0.29, 0.717) is 6.61 Å². The van der Waals surface area contributed by atoms with Crippen molar-refractivity contribution in [2.24, 2.45) is 10.8 Å². The van der Waals surface area contributed by atoms with Crippen LogP contribution >= 0.6 is 0 Å². The fraction of sp³-hybridized carbons (Fsp3) is 0.611. The first-order valence-corrected chi connectivity index (χ1v) is 7.41. The Balaban J connectivity index is 2.82. The predicted octanol–water partition coefficient (Wildman–Crippen LogP) is 4.38. The Hall–Kier alpha value is -1.35. The number of carbonyl (C=O) groups is 1.